The molecule has 64 valence electrons. The molecule has 0 aliphatic carbocycles. The number of benzene rings is 1. The minimum absolute atomic E-state index is 0.0232. The fourth-order valence-electron chi connectivity index (χ4n) is 1.01. The van der Waals surface area contributed by atoms with Crippen LogP contribution in [0.5, 0.6) is 0 Å². The van der Waals surface area contributed by atoms with E-state index in [-0.39, 0.29) is 5.84 Å². The van der Waals surface area contributed by atoms with Crippen molar-refractivity contribution >= 4 is 23.1 Å². The van der Waals surface area contributed by atoms with E-state index in [4.69, 9.17) is 22.7 Å². The second-order valence-electron chi connectivity index (χ2n) is 2.33. The highest BCUT2D eigenvalue weighted by atomic mass is 35.5. The predicted molar refractivity (Wildman–Crippen MR) is 52.0 cm³/mol. The molecule has 0 heterocycles. The molecule has 0 saturated heterocycles. The van der Waals surface area contributed by atoms with Gasteiger partial charge < -0.3 is 11.1 Å². The monoisotopic (exact) mass is 183 g/mol. The van der Waals surface area contributed by atoms with Crippen LogP contribution in [0.3, 0.4) is 0 Å². The zero-order chi connectivity index (χ0) is 9.14. The lowest BCUT2D eigenvalue weighted by molar-refractivity contribution is 1.40. The van der Waals surface area contributed by atoms with Crippen molar-refractivity contribution in [3.05, 3.63) is 28.8 Å². The molecular weight excluding hydrogens is 174 g/mol. The van der Waals surface area contributed by atoms with Crippen LogP contribution in [0.15, 0.2) is 18.2 Å². The summed E-state index contributed by atoms with van der Waals surface area (Å²) in [7, 11) is 1.76. The van der Waals surface area contributed by atoms with Crippen LogP contribution in [0.4, 0.5) is 5.69 Å². The van der Waals surface area contributed by atoms with Gasteiger partial charge in [-0.1, -0.05) is 17.7 Å². The van der Waals surface area contributed by atoms with Crippen molar-refractivity contribution in [2.75, 3.05) is 12.4 Å². The summed E-state index contributed by atoms with van der Waals surface area (Å²) in [5.74, 6) is -0.0232. The number of nitrogen functional groups attached to an aromatic ring is 1. The lowest BCUT2D eigenvalue weighted by Gasteiger charge is -2.08. The van der Waals surface area contributed by atoms with Gasteiger partial charge in [-0.2, -0.15) is 0 Å². The number of halogens is 1. The van der Waals surface area contributed by atoms with Gasteiger partial charge in [0.2, 0.25) is 0 Å². The Balaban J connectivity index is 3.29. The van der Waals surface area contributed by atoms with Gasteiger partial charge in [-0.3, -0.25) is 5.41 Å². The van der Waals surface area contributed by atoms with Gasteiger partial charge in [0.15, 0.2) is 0 Å². The highest BCUT2D eigenvalue weighted by molar-refractivity contribution is 6.34. The summed E-state index contributed by atoms with van der Waals surface area (Å²) in [6, 6.07) is 5.34. The van der Waals surface area contributed by atoms with Crippen LogP contribution in [-0.2, 0) is 0 Å². The van der Waals surface area contributed by atoms with Crippen molar-refractivity contribution in [3.8, 4) is 0 Å². The molecule has 0 aliphatic heterocycles. The fraction of sp³-hybridized carbons (Fsp3) is 0.125. The van der Waals surface area contributed by atoms with E-state index in [0.717, 1.165) is 5.69 Å². The molecule has 0 fully saturated rings. The standard InChI is InChI=1S/C8H10ClN3/c1-12-6-4-2-3-5(9)7(6)8(10)11/h2-4,12H,1H3,(H3,10,11). The van der Waals surface area contributed by atoms with E-state index in [1.165, 1.54) is 0 Å². The largest absolute Gasteiger partial charge is 0.387 e. The predicted octanol–water partition coefficient (Wildman–Crippen LogP) is 1.67. The number of hydrogen-bond acceptors (Lipinski definition) is 2. The number of hydrogen-bond donors (Lipinski definition) is 3. The number of nitrogens with two attached hydrogens (primary N) is 1. The molecule has 0 spiro atoms. The van der Waals surface area contributed by atoms with Crippen molar-refractivity contribution < 1.29 is 0 Å². The first-order valence-electron chi connectivity index (χ1n) is 3.47. The second kappa shape index (κ2) is 3.45. The van der Waals surface area contributed by atoms with E-state index in [1.807, 2.05) is 6.07 Å². The number of amidine groups is 1. The molecule has 0 amide bonds. The van der Waals surface area contributed by atoms with Crippen molar-refractivity contribution in [2.45, 2.75) is 0 Å². The van der Waals surface area contributed by atoms with Crippen molar-refractivity contribution in [3.63, 3.8) is 0 Å². The molecule has 0 unspecified atom stereocenters. The van der Waals surface area contributed by atoms with E-state index < -0.39 is 0 Å². The molecular formula is C8H10ClN3. The Kier molecular flexibility index (Phi) is 2.55. The van der Waals surface area contributed by atoms with E-state index in [1.54, 1.807) is 19.2 Å². The Morgan fingerprint density at radius 2 is 2.25 bits per heavy atom. The van der Waals surface area contributed by atoms with Crippen LogP contribution in [0.25, 0.3) is 0 Å². The van der Waals surface area contributed by atoms with Crippen LogP contribution in [-0.4, -0.2) is 12.9 Å². The molecule has 12 heavy (non-hydrogen) atoms. The Morgan fingerprint density at radius 1 is 1.58 bits per heavy atom. The highest BCUT2D eigenvalue weighted by Gasteiger charge is 2.07. The quantitative estimate of drug-likeness (QED) is 0.483. The maximum Gasteiger partial charge on any atom is 0.126 e. The van der Waals surface area contributed by atoms with Gasteiger partial charge in [-0.05, 0) is 12.1 Å². The minimum Gasteiger partial charge on any atom is -0.387 e. The maximum atomic E-state index is 7.27. The third kappa shape index (κ3) is 1.51. The number of rotatable bonds is 2. The summed E-state index contributed by atoms with van der Waals surface area (Å²) >= 11 is 5.84. The van der Waals surface area contributed by atoms with Gasteiger partial charge in [0.05, 0.1) is 10.6 Å². The maximum absolute atomic E-state index is 7.27. The van der Waals surface area contributed by atoms with Crippen LogP contribution in [0.1, 0.15) is 5.56 Å². The Bertz CT molecular complexity index is 309. The molecule has 3 nitrogen and oxygen atoms in total. The average molecular weight is 184 g/mol. The second-order valence-corrected chi connectivity index (χ2v) is 2.73. The minimum atomic E-state index is -0.0232. The summed E-state index contributed by atoms with van der Waals surface area (Å²) in [5.41, 5.74) is 6.68. The zero-order valence-electron chi connectivity index (χ0n) is 6.69. The summed E-state index contributed by atoms with van der Waals surface area (Å²) in [6.45, 7) is 0. The lowest BCUT2D eigenvalue weighted by Crippen LogP contribution is -2.14. The molecule has 1 aromatic rings. The first kappa shape index (κ1) is 8.87. The van der Waals surface area contributed by atoms with Gasteiger partial charge in [0.25, 0.3) is 0 Å². The zero-order valence-corrected chi connectivity index (χ0v) is 7.44. The molecule has 0 radical (unpaired) electrons. The number of anilines is 1. The molecule has 0 atom stereocenters. The van der Waals surface area contributed by atoms with Crippen molar-refractivity contribution in [1.29, 1.82) is 5.41 Å². The smallest absolute Gasteiger partial charge is 0.126 e. The van der Waals surface area contributed by atoms with Gasteiger partial charge >= 0.3 is 0 Å². The first-order chi connectivity index (χ1) is 5.66. The van der Waals surface area contributed by atoms with Gasteiger partial charge in [0.1, 0.15) is 5.84 Å². The topological polar surface area (TPSA) is 61.9 Å². The normalized spacial score (nSPS) is 9.50. The van der Waals surface area contributed by atoms with Crippen LogP contribution < -0.4 is 11.1 Å². The number of nitrogens with one attached hydrogen (secondary N) is 2. The lowest BCUT2D eigenvalue weighted by atomic mass is 10.1. The molecule has 0 aliphatic rings. The highest BCUT2D eigenvalue weighted by Crippen LogP contribution is 2.22. The third-order valence-corrected chi connectivity index (χ3v) is 1.87. The van der Waals surface area contributed by atoms with E-state index >= 15 is 0 Å². The molecule has 1 aromatic carbocycles. The molecule has 0 aromatic heterocycles. The van der Waals surface area contributed by atoms with Crippen LogP contribution >= 0.6 is 11.6 Å². The average Bonchev–Trinajstić information content (AvgIpc) is 2.03. The third-order valence-electron chi connectivity index (χ3n) is 1.55. The first-order valence-corrected chi connectivity index (χ1v) is 3.85. The van der Waals surface area contributed by atoms with Crippen LogP contribution in [0, 0.1) is 5.41 Å². The Labute approximate surface area is 76.0 Å². The van der Waals surface area contributed by atoms with Gasteiger partial charge in [-0.25, -0.2) is 0 Å². The van der Waals surface area contributed by atoms with Gasteiger partial charge in [-0.15, -0.1) is 0 Å². The fourth-order valence-corrected chi connectivity index (χ4v) is 1.28. The van der Waals surface area contributed by atoms with Crippen molar-refractivity contribution in [2.24, 2.45) is 5.73 Å². The summed E-state index contributed by atoms with van der Waals surface area (Å²) in [4.78, 5) is 0. The van der Waals surface area contributed by atoms with E-state index in [2.05, 4.69) is 5.32 Å². The van der Waals surface area contributed by atoms with E-state index in [0.29, 0.717) is 10.6 Å². The molecule has 0 saturated carbocycles. The Hall–Kier alpha value is -1.22. The van der Waals surface area contributed by atoms with Crippen LogP contribution in [0.2, 0.25) is 5.02 Å². The van der Waals surface area contributed by atoms with Crippen molar-refractivity contribution in [1.82, 2.24) is 0 Å². The SMILES string of the molecule is CNc1cccc(Cl)c1C(=N)N. The molecule has 0 bridgehead atoms. The van der Waals surface area contributed by atoms with E-state index in [9.17, 15) is 0 Å². The van der Waals surface area contributed by atoms with Gasteiger partial charge in [0, 0.05) is 12.7 Å². The summed E-state index contributed by atoms with van der Waals surface area (Å²) in [6.07, 6.45) is 0. The molecule has 4 N–H and O–H groups in total. The Morgan fingerprint density at radius 3 is 2.67 bits per heavy atom. The summed E-state index contributed by atoms with van der Waals surface area (Å²) < 4.78 is 0. The molecule has 1 rings (SSSR count). The molecule has 4 heteroatoms. The summed E-state index contributed by atoms with van der Waals surface area (Å²) in [5, 5.41) is 10.7.